The Labute approximate surface area is 113 Å². The third-order valence-corrected chi connectivity index (χ3v) is 3.81. The minimum atomic E-state index is 0.387. The van der Waals surface area contributed by atoms with Gasteiger partial charge in [-0.25, -0.2) is 4.98 Å². The SMILES string of the molecule is CSC(C)CCNc1nc(C)ccc1C(N)=S. The molecule has 0 amide bonds. The van der Waals surface area contributed by atoms with Crippen LogP contribution in [0.15, 0.2) is 12.1 Å². The fourth-order valence-corrected chi connectivity index (χ4v) is 1.92. The maximum atomic E-state index is 5.67. The molecule has 1 heterocycles. The quantitative estimate of drug-likeness (QED) is 0.777. The molecular formula is C12H19N3S2. The molecule has 0 radical (unpaired) electrons. The van der Waals surface area contributed by atoms with Crippen LogP contribution in [0.3, 0.4) is 0 Å². The van der Waals surface area contributed by atoms with Crippen LogP contribution in [-0.2, 0) is 0 Å². The van der Waals surface area contributed by atoms with E-state index in [4.69, 9.17) is 18.0 Å². The van der Waals surface area contributed by atoms with Crippen molar-refractivity contribution in [2.45, 2.75) is 25.5 Å². The van der Waals surface area contributed by atoms with E-state index in [1.165, 1.54) is 0 Å². The number of anilines is 1. The van der Waals surface area contributed by atoms with Crippen LogP contribution in [-0.4, -0.2) is 28.0 Å². The fraction of sp³-hybridized carbons (Fsp3) is 0.500. The Morgan fingerprint density at radius 3 is 2.88 bits per heavy atom. The van der Waals surface area contributed by atoms with Gasteiger partial charge in [0.05, 0.1) is 5.56 Å². The van der Waals surface area contributed by atoms with Crippen molar-refractivity contribution in [2.24, 2.45) is 5.73 Å². The van der Waals surface area contributed by atoms with Gasteiger partial charge < -0.3 is 11.1 Å². The Hall–Kier alpha value is -0.810. The summed E-state index contributed by atoms with van der Waals surface area (Å²) in [6.07, 6.45) is 3.21. The molecule has 94 valence electrons. The van der Waals surface area contributed by atoms with Gasteiger partial charge in [-0.1, -0.05) is 19.1 Å². The number of hydrogen-bond donors (Lipinski definition) is 2. The monoisotopic (exact) mass is 269 g/mol. The third kappa shape index (κ3) is 4.52. The molecule has 0 spiro atoms. The highest BCUT2D eigenvalue weighted by Gasteiger charge is 2.07. The predicted octanol–water partition coefficient (Wildman–Crippen LogP) is 2.58. The molecule has 0 aliphatic heterocycles. The lowest BCUT2D eigenvalue weighted by molar-refractivity contribution is 0.849. The fourth-order valence-electron chi connectivity index (χ4n) is 1.40. The summed E-state index contributed by atoms with van der Waals surface area (Å²) >= 11 is 6.87. The molecule has 0 saturated carbocycles. The number of aryl methyl sites for hydroxylation is 1. The lowest BCUT2D eigenvalue weighted by Crippen LogP contribution is -2.16. The zero-order valence-corrected chi connectivity index (χ0v) is 12.1. The molecule has 0 aromatic carbocycles. The van der Waals surface area contributed by atoms with Gasteiger partial charge in [0, 0.05) is 17.5 Å². The Bertz CT molecular complexity index is 393. The number of nitrogens with zero attached hydrogens (tertiary/aromatic N) is 1. The molecule has 3 nitrogen and oxygen atoms in total. The number of thioether (sulfide) groups is 1. The largest absolute Gasteiger partial charge is 0.389 e. The zero-order chi connectivity index (χ0) is 12.8. The van der Waals surface area contributed by atoms with Gasteiger partial charge in [-0.2, -0.15) is 11.8 Å². The van der Waals surface area contributed by atoms with Gasteiger partial charge in [-0.3, -0.25) is 0 Å². The Balaban J connectivity index is 2.68. The van der Waals surface area contributed by atoms with Gasteiger partial charge in [0.15, 0.2) is 0 Å². The molecule has 1 aromatic rings. The lowest BCUT2D eigenvalue weighted by Gasteiger charge is -2.12. The second-order valence-electron chi connectivity index (χ2n) is 3.97. The normalized spacial score (nSPS) is 12.2. The van der Waals surface area contributed by atoms with Gasteiger partial charge in [0.2, 0.25) is 0 Å². The standard InChI is InChI=1S/C12H19N3S2/c1-8-4-5-10(11(13)16)12(15-8)14-7-6-9(2)17-3/h4-5,9H,6-7H2,1-3H3,(H2,13,16)(H,14,15). The molecule has 0 bridgehead atoms. The molecule has 0 aliphatic rings. The van der Waals surface area contributed by atoms with Crippen LogP contribution in [0.25, 0.3) is 0 Å². The van der Waals surface area contributed by atoms with Crippen LogP contribution in [0.4, 0.5) is 5.82 Å². The average molecular weight is 269 g/mol. The van der Waals surface area contributed by atoms with Gasteiger partial charge >= 0.3 is 0 Å². The van der Waals surface area contributed by atoms with E-state index in [9.17, 15) is 0 Å². The van der Waals surface area contributed by atoms with Crippen LogP contribution < -0.4 is 11.1 Å². The minimum absolute atomic E-state index is 0.387. The van der Waals surface area contributed by atoms with E-state index in [0.717, 1.165) is 30.0 Å². The van der Waals surface area contributed by atoms with Crippen LogP contribution >= 0.6 is 24.0 Å². The second-order valence-corrected chi connectivity index (χ2v) is 5.69. The molecule has 1 unspecified atom stereocenters. The summed E-state index contributed by atoms with van der Waals surface area (Å²) in [5, 5.41) is 3.95. The van der Waals surface area contributed by atoms with Crippen LogP contribution in [0.1, 0.15) is 24.6 Å². The van der Waals surface area contributed by atoms with Gasteiger partial charge in [0.25, 0.3) is 0 Å². The van der Waals surface area contributed by atoms with Gasteiger partial charge in [-0.15, -0.1) is 0 Å². The number of thiocarbonyl (C=S) groups is 1. The Kier molecular flexibility index (Phi) is 5.71. The summed E-state index contributed by atoms with van der Waals surface area (Å²) in [6.45, 7) is 5.05. The summed E-state index contributed by atoms with van der Waals surface area (Å²) in [5.41, 5.74) is 7.45. The number of rotatable bonds is 6. The highest BCUT2D eigenvalue weighted by atomic mass is 32.2. The van der Waals surface area contributed by atoms with Gasteiger partial charge in [0.1, 0.15) is 10.8 Å². The first-order valence-electron chi connectivity index (χ1n) is 5.58. The van der Waals surface area contributed by atoms with Crippen LogP contribution in [0.5, 0.6) is 0 Å². The van der Waals surface area contributed by atoms with Crippen LogP contribution in [0.2, 0.25) is 0 Å². The van der Waals surface area contributed by atoms with E-state index in [0.29, 0.717) is 10.2 Å². The summed E-state index contributed by atoms with van der Waals surface area (Å²) in [4.78, 5) is 4.82. The molecule has 0 saturated heterocycles. The molecule has 5 heteroatoms. The van der Waals surface area contributed by atoms with Crippen molar-refractivity contribution in [3.8, 4) is 0 Å². The lowest BCUT2D eigenvalue weighted by atomic mass is 10.2. The number of hydrogen-bond acceptors (Lipinski definition) is 4. The van der Waals surface area contributed by atoms with E-state index >= 15 is 0 Å². The minimum Gasteiger partial charge on any atom is -0.389 e. The van der Waals surface area contributed by atoms with E-state index in [2.05, 4.69) is 23.5 Å². The third-order valence-electron chi connectivity index (χ3n) is 2.55. The first kappa shape index (κ1) is 14.3. The summed E-state index contributed by atoms with van der Waals surface area (Å²) in [7, 11) is 0. The smallest absolute Gasteiger partial charge is 0.136 e. The number of pyridine rings is 1. The van der Waals surface area contributed by atoms with Crippen molar-refractivity contribution in [1.29, 1.82) is 0 Å². The molecule has 1 aromatic heterocycles. The predicted molar refractivity (Wildman–Crippen MR) is 80.9 cm³/mol. The molecule has 1 atom stereocenters. The van der Waals surface area contributed by atoms with E-state index < -0.39 is 0 Å². The average Bonchev–Trinajstić information content (AvgIpc) is 2.28. The summed E-state index contributed by atoms with van der Waals surface area (Å²) < 4.78 is 0. The van der Waals surface area contributed by atoms with Crippen molar-refractivity contribution >= 4 is 34.8 Å². The Morgan fingerprint density at radius 2 is 2.29 bits per heavy atom. The number of nitrogens with one attached hydrogen (secondary N) is 1. The topological polar surface area (TPSA) is 50.9 Å². The Morgan fingerprint density at radius 1 is 1.59 bits per heavy atom. The summed E-state index contributed by atoms with van der Waals surface area (Å²) in [5.74, 6) is 0.797. The van der Waals surface area contributed by atoms with Gasteiger partial charge in [-0.05, 0) is 31.7 Å². The molecule has 17 heavy (non-hydrogen) atoms. The highest BCUT2D eigenvalue weighted by molar-refractivity contribution is 7.99. The summed E-state index contributed by atoms with van der Waals surface area (Å²) in [6, 6.07) is 3.84. The highest BCUT2D eigenvalue weighted by Crippen LogP contribution is 2.15. The van der Waals surface area contributed by atoms with E-state index in [1.807, 2.05) is 30.8 Å². The van der Waals surface area contributed by atoms with E-state index in [-0.39, 0.29) is 0 Å². The second kappa shape index (κ2) is 6.81. The van der Waals surface area contributed by atoms with Crippen molar-refractivity contribution in [1.82, 2.24) is 4.98 Å². The molecule has 3 N–H and O–H groups in total. The first-order valence-corrected chi connectivity index (χ1v) is 7.28. The maximum Gasteiger partial charge on any atom is 0.136 e. The van der Waals surface area contributed by atoms with Crippen molar-refractivity contribution in [2.75, 3.05) is 18.1 Å². The van der Waals surface area contributed by atoms with Crippen molar-refractivity contribution in [3.63, 3.8) is 0 Å². The molecule has 0 aliphatic carbocycles. The molecule has 0 fully saturated rings. The number of aromatic nitrogens is 1. The van der Waals surface area contributed by atoms with Crippen molar-refractivity contribution < 1.29 is 0 Å². The van der Waals surface area contributed by atoms with E-state index in [1.54, 1.807) is 0 Å². The number of nitrogens with two attached hydrogens (primary N) is 1. The van der Waals surface area contributed by atoms with Crippen LogP contribution in [0, 0.1) is 6.92 Å². The maximum absolute atomic E-state index is 5.67. The molecule has 1 rings (SSSR count). The molecular weight excluding hydrogens is 250 g/mol. The van der Waals surface area contributed by atoms with Crippen molar-refractivity contribution in [3.05, 3.63) is 23.4 Å². The first-order chi connectivity index (χ1) is 8.04. The zero-order valence-electron chi connectivity index (χ0n) is 10.5.